The van der Waals surface area contributed by atoms with Crippen LogP contribution in [0.2, 0.25) is 10.0 Å². The average Bonchev–Trinajstić information content (AvgIpc) is 3.99. The van der Waals surface area contributed by atoms with Crippen molar-refractivity contribution in [2.75, 3.05) is 49.2 Å². The van der Waals surface area contributed by atoms with Crippen LogP contribution < -0.4 is 20.4 Å². The van der Waals surface area contributed by atoms with Crippen molar-refractivity contribution in [3.05, 3.63) is 82.4 Å². The molecule has 2 fully saturated rings. The molecule has 3 unspecified atom stereocenters. The average molecular weight is 876 g/mol. The summed E-state index contributed by atoms with van der Waals surface area (Å²) < 4.78 is 16.2. The molecule has 0 amide bonds. The summed E-state index contributed by atoms with van der Waals surface area (Å²) in [4.78, 5) is 23.7. The molecule has 2 aromatic carbocycles. The van der Waals surface area contributed by atoms with Gasteiger partial charge in [-0.25, -0.2) is 24.3 Å². The van der Waals surface area contributed by atoms with Gasteiger partial charge in [0.1, 0.15) is 18.2 Å². The van der Waals surface area contributed by atoms with Gasteiger partial charge in [0, 0.05) is 121 Å². The molecule has 0 bridgehead atoms. The maximum Gasteiger partial charge on any atom is 0.161 e. The zero-order valence-corrected chi connectivity index (χ0v) is 36.2. The Hall–Kier alpha value is -5.87. The minimum Gasteiger partial charge on any atom is -0.507 e. The minimum atomic E-state index is -0.391. The van der Waals surface area contributed by atoms with Crippen LogP contribution in [0.4, 0.5) is 15.8 Å². The van der Waals surface area contributed by atoms with E-state index in [0.717, 1.165) is 47.2 Å². The summed E-state index contributed by atoms with van der Waals surface area (Å²) in [6, 6.07) is 11.5. The van der Waals surface area contributed by atoms with Crippen molar-refractivity contribution in [3.8, 4) is 34.0 Å². The second kappa shape index (κ2) is 15.8. The third-order valence-electron chi connectivity index (χ3n) is 12.2. The summed E-state index contributed by atoms with van der Waals surface area (Å²) in [5.74, 6) is 0.218. The molecule has 0 aliphatic carbocycles. The van der Waals surface area contributed by atoms with Gasteiger partial charge in [-0.05, 0) is 63.1 Å². The van der Waals surface area contributed by atoms with Crippen LogP contribution in [0.5, 0.6) is 11.5 Å². The Bertz CT molecular complexity index is 3070. The number of rotatable bonds is 9. The van der Waals surface area contributed by atoms with Crippen molar-refractivity contribution < 1.29 is 14.6 Å². The number of anilines is 2. The maximum atomic E-state index is 12.8. The Balaban J connectivity index is 0.934. The van der Waals surface area contributed by atoms with Crippen molar-refractivity contribution in [2.24, 2.45) is 14.1 Å². The molecule has 318 valence electrons. The molecule has 8 aromatic rings. The molecule has 3 atom stereocenters. The molecule has 14 nitrogen and oxygen atoms in total. The van der Waals surface area contributed by atoms with Crippen LogP contribution in [0.25, 0.3) is 66.4 Å². The van der Waals surface area contributed by atoms with Gasteiger partial charge in [0.15, 0.2) is 11.3 Å². The first-order chi connectivity index (χ1) is 29.9. The van der Waals surface area contributed by atoms with Crippen molar-refractivity contribution in [2.45, 2.75) is 44.8 Å². The molecule has 2 aliphatic heterocycles. The second-order valence-corrected chi connectivity index (χ2v) is 17.4. The number of aromatic hydroxyl groups is 2. The van der Waals surface area contributed by atoms with Gasteiger partial charge in [0.25, 0.3) is 0 Å². The minimum absolute atomic E-state index is 0.0777. The molecule has 0 saturated carbocycles. The van der Waals surface area contributed by atoms with E-state index < -0.39 is 6.67 Å². The number of piperazine rings is 1. The number of nitrogens with one attached hydrogen (secondary N) is 2. The summed E-state index contributed by atoms with van der Waals surface area (Å²) >= 11 is 14.2. The number of fused-ring (bicyclic) bond motifs is 4. The van der Waals surface area contributed by atoms with E-state index >= 15 is 0 Å². The molecule has 4 N–H and O–H groups in total. The van der Waals surface area contributed by atoms with E-state index in [1.54, 1.807) is 27.8 Å². The number of aryl methyl sites for hydroxylation is 3. The third-order valence-corrected chi connectivity index (χ3v) is 12.9. The lowest BCUT2D eigenvalue weighted by Crippen LogP contribution is -2.56. The topological polar surface area (TPSA) is 158 Å². The number of hydrogen-bond acceptors (Lipinski definition) is 12. The first-order valence-electron chi connectivity index (χ1n) is 20.7. The molecule has 62 heavy (non-hydrogen) atoms. The van der Waals surface area contributed by atoms with Crippen LogP contribution in [-0.2, 0) is 20.5 Å². The van der Waals surface area contributed by atoms with Crippen molar-refractivity contribution in [1.82, 2.24) is 50.1 Å². The first-order valence-corrected chi connectivity index (χ1v) is 21.5. The fraction of sp³-hybridized carbons (Fsp3) is 0.333. The highest BCUT2D eigenvalue weighted by atomic mass is 35.5. The molecule has 17 heteroatoms. The Morgan fingerprint density at radius 2 is 1.55 bits per heavy atom. The smallest absolute Gasteiger partial charge is 0.161 e. The molecule has 6 aromatic heterocycles. The molecule has 10 rings (SSSR count). The van der Waals surface area contributed by atoms with Crippen LogP contribution in [0.3, 0.4) is 0 Å². The van der Waals surface area contributed by atoms with Crippen LogP contribution in [0.15, 0.2) is 61.2 Å². The number of phenolic OH excluding ortho intramolecular Hbond substituents is 2. The Kier molecular flexibility index (Phi) is 10.2. The van der Waals surface area contributed by atoms with Gasteiger partial charge in [-0.1, -0.05) is 23.2 Å². The molecular weight excluding hydrogens is 830 g/mol. The van der Waals surface area contributed by atoms with Crippen molar-refractivity contribution >= 4 is 78.4 Å². The normalized spacial score (nSPS) is 18.3. The zero-order chi connectivity index (χ0) is 43.0. The predicted molar refractivity (Wildman–Crippen MR) is 243 cm³/mol. The number of halogens is 3. The third kappa shape index (κ3) is 7.16. The van der Waals surface area contributed by atoms with Crippen LogP contribution in [0.1, 0.15) is 24.5 Å². The number of benzene rings is 2. The SMILES string of the molecule is Cc1c(O)c(-c2ccc3c(Cl)c(N4CC(C)NC(Cc5c(O)c(-c6cc(Cl)c7cc(N8CCC(NCCF)C8)cnc7n6)cc6cn(C)nc56)C4)cnc3n2)cc2cn(C)nc12. The van der Waals surface area contributed by atoms with Crippen LogP contribution >= 0.6 is 23.2 Å². The molecule has 2 saturated heterocycles. The fourth-order valence-corrected chi connectivity index (χ4v) is 9.87. The van der Waals surface area contributed by atoms with E-state index in [-0.39, 0.29) is 29.6 Å². The largest absolute Gasteiger partial charge is 0.507 e. The lowest BCUT2D eigenvalue weighted by molar-refractivity contribution is 0.381. The number of nitrogens with zero attached hydrogens (tertiary/aromatic N) is 10. The monoisotopic (exact) mass is 874 g/mol. The van der Waals surface area contributed by atoms with Gasteiger partial charge in [-0.15, -0.1) is 0 Å². The van der Waals surface area contributed by atoms with Gasteiger partial charge < -0.3 is 30.6 Å². The van der Waals surface area contributed by atoms with Gasteiger partial charge in [-0.3, -0.25) is 9.36 Å². The lowest BCUT2D eigenvalue weighted by Gasteiger charge is -2.39. The van der Waals surface area contributed by atoms with E-state index in [9.17, 15) is 14.6 Å². The van der Waals surface area contributed by atoms with Crippen LogP contribution in [-0.4, -0.2) is 107 Å². The molecule has 8 heterocycles. The Morgan fingerprint density at radius 1 is 0.839 bits per heavy atom. The molecular formula is C45H45Cl2FN12O2. The van der Waals surface area contributed by atoms with Gasteiger partial charge >= 0.3 is 0 Å². The summed E-state index contributed by atoms with van der Waals surface area (Å²) in [5, 5.41) is 43.7. The number of pyridine rings is 4. The molecule has 0 radical (unpaired) electrons. The fourth-order valence-electron chi connectivity index (χ4n) is 9.31. The van der Waals surface area contributed by atoms with Gasteiger partial charge in [0.2, 0.25) is 0 Å². The van der Waals surface area contributed by atoms with Gasteiger partial charge in [0.05, 0.1) is 56.2 Å². The van der Waals surface area contributed by atoms with E-state index in [0.29, 0.717) is 97.3 Å². The van der Waals surface area contributed by atoms with E-state index in [1.165, 1.54) is 0 Å². The zero-order valence-electron chi connectivity index (χ0n) is 34.7. The number of hydrogen-bond donors (Lipinski definition) is 4. The lowest BCUT2D eigenvalue weighted by atomic mass is 9.95. The summed E-state index contributed by atoms with van der Waals surface area (Å²) in [6.45, 7) is 6.78. The standard InChI is InChI=1S/C45H45Cl2FN12O2/c1-23-18-60(38-17-51-44-30(39(38)47)5-6-36(53-44)32-11-25-19-57(3)55-40(25)24(2)42(32)61)22-28(52-23)13-34-41-26(20-58(4)56-41)12-33(43(34)62)37-15-35(46)31-14-29(16-50-45(31)54-37)59-10-7-27(21-59)49-9-8-48/h5-6,11-12,14-17,19-20,23,27-28,49,52,61-62H,7-10,13,18,21-22H2,1-4H3. The predicted octanol–water partition coefficient (Wildman–Crippen LogP) is 7.25. The van der Waals surface area contributed by atoms with E-state index in [1.807, 2.05) is 63.7 Å². The molecule has 0 spiro atoms. The summed E-state index contributed by atoms with van der Waals surface area (Å²) in [5.41, 5.74) is 7.72. The second-order valence-electron chi connectivity index (χ2n) is 16.7. The number of phenols is 2. The summed E-state index contributed by atoms with van der Waals surface area (Å²) in [6.07, 6.45) is 8.79. The number of aromatic nitrogens is 8. The highest BCUT2D eigenvalue weighted by Gasteiger charge is 2.30. The Morgan fingerprint density at radius 3 is 2.34 bits per heavy atom. The highest BCUT2D eigenvalue weighted by Crippen LogP contribution is 2.42. The van der Waals surface area contributed by atoms with Gasteiger partial charge in [-0.2, -0.15) is 10.2 Å². The Labute approximate surface area is 366 Å². The summed E-state index contributed by atoms with van der Waals surface area (Å²) in [7, 11) is 3.72. The van der Waals surface area contributed by atoms with E-state index in [2.05, 4.69) is 32.5 Å². The van der Waals surface area contributed by atoms with Crippen molar-refractivity contribution in [3.63, 3.8) is 0 Å². The van der Waals surface area contributed by atoms with Crippen molar-refractivity contribution in [1.29, 1.82) is 0 Å². The first kappa shape index (κ1) is 40.2. The van der Waals surface area contributed by atoms with Crippen LogP contribution in [0, 0.1) is 6.92 Å². The number of alkyl halides is 1. The maximum absolute atomic E-state index is 12.8. The van der Waals surface area contributed by atoms with E-state index in [4.69, 9.17) is 48.2 Å². The molecule has 2 aliphatic rings. The quantitative estimate of drug-likeness (QED) is 0.115. The highest BCUT2D eigenvalue weighted by molar-refractivity contribution is 6.38.